The molecule has 1 aromatic rings. The highest BCUT2D eigenvalue weighted by atomic mass is 19.1. The van der Waals surface area contributed by atoms with Crippen LogP contribution in [0.3, 0.4) is 0 Å². The fraction of sp³-hybridized carbons (Fsp3) is 0.500. The maximum Gasteiger partial charge on any atom is 0.256 e. The second-order valence-electron chi connectivity index (χ2n) is 4.84. The first-order valence-corrected chi connectivity index (χ1v) is 6.35. The van der Waals surface area contributed by atoms with Crippen molar-refractivity contribution >= 4 is 5.91 Å². The lowest BCUT2D eigenvalue weighted by Gasteiger charge is -2.32. The predicted molar refractivity (Wildman–Crippen MR) is 66.9 cm³/mol. The summed E-state index contributed by atoms with van der Waals surface area (Å²) in [6, 6.07) is 3.05. The topological polar surface area (TPSA) is 29.5 Å². The minimum Gasteiger partial charge on any atom is -0.384 e. The van der Waals surface area contributed by atoms with Crippen LogP contribution in [0.15, 0.2) is 18.2 Å². The van der Waals surface area contributed by atoms with Gasteiger partial charge >= 0.3 is 0 Å². The number of likely N-dealkylation sites (tertiary alicyclic amines) is 1. The molecule has 0 N–H and O–H groups in total. The van der Waals surface area contributed by atoms with Gasteiger partial charge in [-0.2, -0.15) is 0 Å². The molecule has 0 radical (unpaired) electrons. The number of benzene rings is 1. The maximum absolute atomic E-state index is 13.6. The number of amides is 1. The third-order valence-corrected chi connectivity index (χ3v) is 3.37. The third-order valence-electron chi connectivity index (χ3n) is 3.37. The second-order valence-corrected chi connectivity index (χ2v) is 4.84. The Hall–Kier alpha value is -1.49. The molecule has 5 heteroatoms. The van der Waals surface area contributed by atoms with E-state index in [9.17, 15) is 13.6 Å². The number of carbonyl (C=O) groups excluding carboxylic acids is 1. The summed E-state index contributed by atoms with van der Waals surface area (Å²) in [7, 11) is 1.63. The van der Waals surface area contributed by atoms with Gasteiger partial charge in [0.1, 0.15) is 11.6 Å². The number of halogens is 2. The molecule has 19 heavy (non-hydrogen) atoms. The number of carbonyl (C=O) groups is 1. The molecule has 0 aromatic heterocycles. The predicted octanol–water partition coefficient (Wildman–Crippen LogP) is 2.46. The summed E-state index contributed by atoms with van der Waals surface area (Å²) in [5.41, 5.74) is -0.0699. The van der Waals surface area contributed by atoms with Crippen molar-refractivity contribution in [1.29, 1.82) is 0 Å². The Morgan fingerprint density at radius 1 is 1.47 bits per heavy atom. The van der Waals surface area contributed by atoms with E-state index < -0.39 is 11.6 Å². The molecular formula is C14H17F2NO2. The normalized spacial score (nSPS) is 19.5. The van der Waals surface area contributed by atoms with Crippen molar-refractivity contribution < 1.29 is 18.3 Å². The molecule has 1 aliphatic rings. The van der Waals surface area contributed by atoms with Crippen molar-refractivity contribution in [2.24, 2.45) is 5.92 Å². The Morgan fingerprint density at radius 3 is 2.95 bits per heavy atom. The fourth-order valence-electron chi connectivity index (χ4n) is 2.45. The summed E-state index contributed by atoms with van der Waals surface area (Å²) < 4.78 is 31.5. The highest BCUT2D eigenvalue weighted by Crippen LogP contribution is 2.20. The number of methoxy groups -OCH3 is 1. The maximum atomic E-state index is 13.6. The van der Waals surface area contributed by atoms with Gasteiger partial charge in [-0.05, 0) is 30.9 Å². The average Bonchev–Trinajstić information content (AvgIpc) is 2.39. The van der Waals surface area contributed by atoms with Crippen molar-refractivity contribution in [2.45, 2.75) is 12.8 Å². The molecule has 0 aliphatic carbocycles. The molecule has 1 heterocycles. The Labute approximate surface area is 111 Å². The van der Waals surface area contributed by atoms with Crippen molar-refractivity contribution in [2.75, 3.05) is 26.8 Å². The van der Waals surface area contributed by atoms with Crippen LogP contribution >= 0.6 is 0 Å². The number of hydrogen-bond donors (Lipinski definition) is 0. The Balaban J connectivity index is 2.10. The fourth-order valence-corrected chi connectivity index (χ4v) is 2.45. The largest absolute Gasteiger partial charge is 0.384 e. The quantitative estimate of drug-likeness (QED) is 0.843. The molecule has 1 atom stereocenters. The standard InChI is InChI=1S/C14H17F2NO2/c1-19-9-10-3-2-6-17(8-10)14(18)12-5-4-11(15)7-13(12)16/h4-5,7,10H,2-3,6,8-9H2,1H3. The van der Waals surface area contributed by atoms with Crippen LogP contribution in [0.5, 0.6) is 0 Å². The van der Waals surface area contributed by atoms with Crippen molar-refractivity contribution in [3.8, 4) is 0 Å². The summed E-state index contributed by atoms with van der Waals surface area (Å²) >= 11 is 0. The highest BCUT2D eigenvalue weighted by molar-refractivity contribution is 5.94. The molecule has 1 fully saturated rings. The van der Waals surface area contributed by atoms with Gasteiger partial charge in [0, 0.05) is 26.3 Å². The minimum absolute atomic E-state index is 0.0699. The van der Waals surface area contributed by atoms with Crippen LogP contribution in [-0.4, -0.2) is 37.6 Å². The Kier molecular flexibility index (Phi) is 4.47. The van der Waals surface area contributed by atoms with Gasteiger partial charge < -0.3 is 9.64 Å². The first-order chi connectivity index (χ1) is 9.11. The molecule has 1 amide bonds. The van der Waals surface area contributed by atoms with Crippen molar-refractivity contribution in [1.82, 2.24) is 4.90 Å². The summed E-state index contributed by atoms with van der Waals surface area (Å²) in [4.78, 5) is 13.8. The summed E-state index contributed by atoms with van der Waals surface area (Å²) in [5, 5.41) is 0. The molecule has 1 aliphatic heterocycles. The van der Waals surface area contributed by atoms with E-state index >= 15 is 0 Å². The number of nitrogens with zero attached hydrogens (tertiary/aromatic N) is 1. The molecule has 0 spiro atoms. The average molecular weight is 269 g/mol. The highest BCUT2D eigenvalue weighted by Gasteiger charge is 2.26. The SMILES string of the molecule is COCC1CCCN(C(=O)c2ccc(F)cc2F)C1. The third kappa shape index (κ3) is 3.29. The number of ether oxygens (including phenoxy) is 1. The molecule has 0 saturated carbocycles. The van der Waals surface area contributed by atoms with Crippen LogP contribution in [0, 0.1) is 17.6 Å². The molecular weight excluding hydrogens is 252 g/mol. The van der Waals surface area contributed by atoms with Gasteiger partial charge in [-0.15, -0.1) is 0 Å². The molecule has 3 nitrogen and oxygen atoms in total. The zero-order chi connectivity index (χ0) is 13.8. The molecule has 2 rings (SSSR count). The van der Waals surface area contributed by atoms with Gasteiger partial charge in [-0.25, -0.2) is 8.78 Å². The van der Waals surface area contributed by atoms with Gasteiger partial charge in [-0.1, -0.05) is 0 Å². The first kappa shape index (κ1) is 13.9. The molecule has 0 bridgehead atoms. The number of rotatable bonds is 3. The van der Waals surface area contributed by atoms with Crippen LogP contribution in [-0.2, 0) is 4.74 Å². The van der Waals surface area contributed by atoms with Gasteiger partial charge in [-0.3, -0.25) is 4.79 Å². The zero-order valence-corrected chi connectivity index (χ0v) is 10.9. The van der Waals surface area contributed by atoms with E-state index in [1.807, 2.05) is 0 Å². The van der Waals surface area contributed by atoms with E-state index in [1.54, 1.807) is 12.0 Å². The van der Waals surface area contributed by atoms with Gasteiger partial charge in [0.05, 0.1) is 12.2 Å². The van der Waals surface area contributed by atoms with Crippen LogP contribution in [0.25, 0.3) is 0 Å². The lowest BCUT2D eigenvalue weighted by atomic mass is 9.98. The monoisotopic (exact) mass is 269 g/mol. The number of piperidine rings is 1. The van der Waals surface area contributed by atoms with Crippen LogP contribution in [0.2, 0.25) is 0 Å². The Morgan fingerprint density at radius 2 is 2.26 bits per heavy atom. The molecule has 1 saturated heterocycles. The van der Waals surface area contributed by atoms with E-state index in [2.05, 4.69) is 0 Å². The number of hydrogen-bond acceptors (Lipinski definition) is 2. The van der Waals surface area contributed by atoms with E-state index in [0.717, 1.165) is 25.0 Å². The molecule has 104 valence electrons. The molecule has 1 aromatic carbocycles. The lowest BCUT2D eigenvalue weighted by molar-refractivity contribution is 0.0567. The van der Waals surface area contributed by atoms with Crippen molar-refractivity contribution in [3.63, 3.8) is 0 Å². The van der Waals surface area contributed by atoms with E-state index in [1.165, 1.54) is 6.07 Å². The van der Waals surface area contributed by atoms with Gasteiger partial charge in [0.25, 0.3) is 5.91 Å². The van der Waals surface area contributed by atoms with Crippen LogP contribution in [0.1, 0.15) is 23.2 Å². The minimum atomic E-state index is -0.807. The first-order valence-electron chi connectivity index (χ1n) is 6.35. The summed E-state index contributed by atoms with van der Waals surface area (Å²) in [6.07, 6.45) is 1.88. The van der Waals surface area contributed by atoms with E-state index in [-0.39, 0.29) is 17.4 Å². The summed E-state index contributed by atoms with van der Waals surface area (Å²) in [5.74, 6) is -1.58. The van der Waals surface area contributed by atoms with Crippen LogP contribution < -0.4 is 0 Å². The van der Waals surface area contributed by atoms with Gasteiger partial charge in [0.2, 0.25) is 0 Å². The van der Waals surface area contributed by atoms with E-state index in [4.69, 9.17) is 4.74 Å². The van der Waals surface area contributed by atoms with E-state index in [0.29, 0.717) is 19.7 Å². The zero-order valence-electron chi connectivity index (χ0n) is 10.9. The summed E-state index contributed by atoms with van der Waals surface area (Å²) in [6.45, 7) is 1.76. The van der Waals surface area contributed by atoms with Crippen molar-refractivity contribution in [3.05, 3.63) is 35.4 Å². The van der Waals surface area contributed by atoms with Crippen LogP contribution in [0.4, 0.5) is 8.78 Å². The molecule has 1 unspecified atom stereocenters. The lowest BCUT2D eigenvalue weighted by Crippen LogP contribution is -2.41. The van der Waals surface area contributed by atoms with Gasteiger partial charge in [0.15, 0.2) is 0 Å². The Bertz CT molecular complexity index is 463. The second kappa shape index (κ2) is 6.10. The smallest absolute Gasteiger partial charge is 0.256 e.